The molecule has 0 bridgehead atoms. The van der Waals surface area contributed by atoms with Crippen LogP contribution in [0.4, 0.5) is 5.88 Å². The standard InChI is InChI=1S/C23H22N4OS/c1-27(2)20(21-11-6-12-29-21)15-25-23-19(14-24)26-22(28-23)13-17-9-5-8-16-7-3-4-10-18(16)17/h3-12,20,25H,13,15H2,1-2H3/t20-/m0/s1. The maximum absolute atomic E-state index is 9.51. The van der Waals surface area contributed by atoms with Gasteiger partial charge in [0, 0.05) is 11.4 Å². The molecule has 0 spiro atoms. The van der Waals surface area contributed by atoms with Crippen LogP contribution in [0.15, 0.2) is 64.4 Å². The first-order valence-electron chi connectivity index (χ1n) is 9.46. The molecule has 0 aliphatic carbocycles. The molecule has 0 aliphatic heterocycles. The van der Waals surface area contributed by atoms with Crippen molar-refractivity contribution in [2.45, 2.75) is 12.5 Å². The third-order valence-corrected chi connectivity index (χ3v) is 5.92. The molecule has 2 heterocycles. The first-order chi connectivity index (χ1) is 14.2. The zero-order valence-electron chi connectivity index (χ0n) is 16.4. The van der Waals surface area contributed by atoms with E-state index in [0.717, 1.165) is 5.56 Å². The van der Waals surface area contributed by atoms with Crippen LogP contribution in [0, 0.1) is 11.3 Å². The first-order valence-corrected chi connectivity index (χ1v) is 10.3. The number of anilines is 1. The van der Waals surface area contributed by atoms with Crippen LogP contribution in [0.25, 0.3) is 10.8 Å². The van der Waals surface area contributed by atoms with Crippen LogP contribution >= 0.6 is 11.3 Å². The Hall–Kier alpha value is -3.14. The lowest BCUT2D eigenvalue weighted by Gasteiger charge is -2.23. The molecule has 0 saturated heterocycles. The fourth-order valence-corrected chi connectivity index (χ4v) is 4.38. The van der Waals surface area contributed by atoms with E-state index in [2.05, 4.69) is 57.0 Å². The quantitative estimate of drug-likeness (QED) is 0.468. The summed E-state index contributed by atoms with van der Waals surface area (Å²) in [6.45, 7) is 0.630. The molecular formula is C23H22N4OS. The second kappa shape index (κ2) is 8.48. The van der Waals surface area contributed by atoms with E-state index in [0.29, 0.717) is 30.4 Å². The number of thiophene rings is 1. The molecule has 0 radical (unpaired) electrons. The van der Waals surface area contributed by atoms with Gasteiger partial charge in [-0.3, -0.25) is 0 Å². The number of benzene rings is 2. The first kappa shape index (κ1) is 19.2. The lowest BCUT2D eigenvalue weighted by atomic mass is 10.0. The summed E-state index contributed by atoms with van der Waals surface area (Å²) in [5.41, 5.74) is 1.43. The van der Waals surface area contributed by atoms with Crippen molar-refractivity contribution < 1.29 is 4.42 Å². The van der Waals surface area contributed by atoms with E-state index >= 15 is 0 Å². The molecule has 0 saturated carbocycles. The molecule has 0 unspecified atom stereocenters. The minimum atomic E-state index is 0.188. The van der Waals surface area contributed by atoms with E-state index < -0.39 is 0 Å². The van der Waals surface area contributed by atoms with Crippen molar-refractivity contribution in [3.8, 4) is 6.07 Å². The summed E-state index contributed by atoms with van der Waals surface area (Å²) in [6.07, 6.45) is 0.541. The van der Waals surface area contributed by atoms with Gasteiger partial charge in [-0.25, -0.2) is 4.98 Å². The van der Waals surface area contributed by atoms with Gasteiger partial charge in [-0.15, -0.1) is 11.3 Å². The molecule has 29 heavy (non-hydrogen) atoms. The van der Waals surface area contributed by atoms with Crippen molar-refractivity contribution in [3.05, 3.63) is 82.0 Å². The number of oxazole rings is 1. The Kier molecular flexibility index (Phi) is 5.61. The molecule has 5 nitrogen and oxygen atoms in total. The van der Waals surface area contributed by atoms with Crippen molar-refractivity contribution in [3.63, 3.8) is 0 Å². The van der Waals surface area contributed by atoms with Gasteiger partial charge in [0.05, 0.1) is 12.5 Å². The molecule has 1 N–H and O–H groups in total. The summed E-state index contributed by atoms with van der Waals surface area (Å²) in [6, 6.07) is 21.0. The highest BCUT2D eigenvalue weighted by Gasteiger charge is 2.19. The van der Waals surface area contributed by atoms with Crippen LogP contribution in [-0.2, 0) is 6.42 Å². The lowest BCUT2D eigenvalue weighted by Crippen LogP contribution is -2.26. The molecular weight excluding hydrogens is 380 g/mol. The predicted octanol–water partition coefficient (Wildman–Crippen LogP) is 5.07. The Morgan fingerprint density at radius 2 is 1.97 bits per heavy atom. The topological polar surface area (TPSA) is 65.1 Å². The van der Waals surface area contributed by atoms with Crippen molar-refractivity contribution in [2.75, 3.05) is 26.0 Å². The number of nitriles is 1. The predicted molar refractivity (Wildman–Crippen MR) is 117 cm³/mol. The highest BCUT2D eigenvalue weighted by atomic mass is 32.1. The third-order valence-electron chi connectivity index (χ3n) is 4.95. The van der Waals surface area contributed by atoms with Crippen molar-refractivity contribution in [2.24, 2.45) is 0 Å². The molecule has 2 aromatic heterocycles. The molecule has 6 heteroatoms. The van der Waals surface area contributed by atoms with E-state index in [1.165, 1.54) is 15.6 Å². The molecule has 4 aromatic rings. The monoisotopic (exact) mass is 402 g/mol. The summed E-state index contributed by atoms with van der Waals surface area (Å²) in [7, 11) is 4.09. The van der Waals surface area contributed by atoms with Crippen LogP contribution in [-0.4, -0.2) is 30.5 Å². The van der Waals surface area contributed by atoms with Gasteiger partial charge in [0.2, 0.25) is 17.5 Å². The highest BCUT2D eigenvalue weighted by Crippen LogP contribution is 2.26. The van der Waals surface area contributed by atoms with E-state index in [1.54, 1.807) is 11.3 Å². The van der Waals surface area contributed by atoms with Crippen LogP contribution in [0.5, 0.6) is 0 Å². The van der Waals surface area contributed by atoms with E-state index in [-0.39, 0.29) is 6.04 Å². The van der Waals surface area contributed by atoms with Gasteiger partial charge in [0.1, 0.15) is 6.07 Å². The molecule has 0 aliphatic rings. The molecule has 0 fully saturated rings. The fraction of sp³-hybridized carbons (Fsp3) is 0.217. The highest BCUT2D eigenvalue weighted by molar-refractivity contribution is 7.10. The summed E-state index contributed by atoms with van der Waals surface area (Å²) < 4.78 is 5.95. The lowest BCUT2D eigenvalue weighted by molar-refractivity contribution is 0.314. The van der Waals surface area contributed by atoms with Crippen molar-refractivity contribution in [1.82, 2.24) is 9.88 Å². The number of fused-ring (bicyclic) bond motifs is 1. The van der Waals surface area contributed by atoms with Crippen LogP contribution in [0.2, 0.25) is 0 Å². The number of hydrogen-bond donors (Lipinski definition) is 1. The average Bonchev–Trinajstić information content (AvgIpc) is 3.38. The smallest absolute Gasteiger partial charge is 0.232 e. The number of aromatic nitrogens is 1. The Balaban J connectivity index is 1.55. The van der Waals surface area contributed by atoms with Gasteiger partial charge in [0.25, 0.3) is 0 Å². The second-order valence-corrected chi connectivity index (χ2v) is 8.07. The Morgan fingerprint density at radius 3 is 2.72 bits per heavy atom. The zero-order valence-corrected chi connectivity index (χ0v) is 17.2. The average molecular weight is 403 g/mol. The normalized spacial score (nSPS) is 12.2. The molecule has 0 amide bonds. The fourth-order valence-electron chi connectivity index (χ4n) is 3.45. The van der Waals surface area contributed by atoms with E-state index in [4.69, 9.17) is 4.42 Å². The van der Waals surface area contributed by atoms with Gasteiger partial charge in [0.15, 0.2) is 0 Å². The van der Waals surface area contributed by atoms with Gasteiger partial charge in [-0.05, 0) is 41.9 Å². The molecule has 146 valence electrons. The number of likely N-dealkylation sites (N-methyl/N-ethyl adjacent to an activating group) is 1. The SMILES string of the molecule is CN(C)[C@@H](CNc1oc(Cc2cccc3ccccc23)nc1C#N)c1cccs1. The third kappa shape index (κ3) is 4.16. The largest absolute Gasteiger partial charge is 0.423 e. The summed E-state index contributed by atoms with van der Waals surface area (Å²) in [5, 5.41) is 17.2. The summed E-state index contributed by atoms with van der Waals surface area (Å²) >= 11 is 1.72. The number of nitrogens with zero attached hydrogens (tertiary/aromatic N) is 3. The summed E-state index contributed by atoms with van der Waals surface area (Å²) in [5.74, 6) is 0.976. The number of nitrogens with one attached hydrogen (secondary N) is 1. The number of rotatable bonds is 7. The molecule has 2 aromatic carbocycles. The van der Waals surface area contributed by atoms with Crippen LogP contribution in [0.3, 0.4) is 0 Å². The maximum Gasteiger partial charge on any atom is 0.232 e. The van der Waals surface area contributed by atoms with Crippen molar-refractivity contribution in [1.29, 1.82) is 5.26 Å². The Morgan fingerprint density at radius 1 is 1.14 bits per heavy atom. The maximum atomic E-state index is 9.51. The Bertz CT molecular complexity index is 1140. The minimum absolute atomic E-state index is 0.188. The van der Waals surface area contributed by atoms with Gasteiger partial charge < -0.3 is 14.6 Å². The number of hydrogen-bond acceptors (Lipinski definition) is 6. The van der Waals surface area contributed by atoms with Gasteiger partial charge in [-0.1, -0.05) is 48.5 Å². The van der Waals surface area contributed by atoms with E-state index in [9.17, 15) is 5.26 Å². The van der Waals surface area contributed by atoms with E-state index in [1.807, 2.05) is 38.4 Å². The van der Waals surface area contributed by atoms with Gasteiger partial charge >= 0.3 is 0 Å². The second-order valence-electron chi connectivity index (χ2n) is 7.09. The Labute approximate surface area is 174 Å². The molecule has 4 rings (SSSR count). The molecule has 1 atom stereocenters. The zero-order chi connectivity index (χ0) is 20.2. The van der Waals surface area contributed by atoms with Crippen molar-refractivity contribution >= 4 is 28.0 Å². The van der Waals surface area contributed by atoms with Gasteiger partial charge in [-0.2, -0.15) is 5.26 Å². The minimum Gasteiger partial charge on any atom is -0.423 e. The van der Waals surface area contributed by atoms with Crippen LogP contribution in [0.1, 0.15) is 28.1 Å². The summed E-state index contributed by atoms with van der Waals surface area (Å²) in [4.78, 5) is 7.83. The van der Waals surface area contributed by atoms with Crippen LogP contribution < -0.4 is 5.32 Å².